The Morgan fingerprint density at radius 2 is 1.86 bits per heavy atom. The summed E-state index contributed by atoms with van der Waals surface area (Å²) in [7, 11) is 0. The maximum atomic E-state index is 12.1. The first-order valence-electron chi connectivity index (χ1n) is 7.82. The van der Waals surface area contributed by atoms with Crippen molar-refractivity contribution in [2.75, 3.05) is 6.61 Å². The van der Waals surface area contributed by atoms with Gasteiger partial charge in [0.25, 0.3) is 0 Å². The predicted octanol–water partition coefficient (Wildman–Crippen LogP) is 3.27. The number of nitrogens with one attached hydrogen (secondary N) is 1. The van der Waals surface area contributed by atoms with Gasteiger partial charge in [0.15, 0.2) is 0 Å². The van der Waals surface area contributed by atoms with E-state index in [1.807, 2.05) is 18.2 Å². The molecule has 0 aromatic heterocycles. The number of amides is 1. The average molecular weight is 291 g/mol. The molecule has 0 heterocycles. The van der Waals surface area contributed by atoms with Gasteiger partial charge in [-0.3, -0.25) is 4.79 Å². The van der Waals surface area contributed by atoms with E-state index in [2.05, 4.69) is 45.1 Å². The van der Waals surface area contributed by atoms with E-state index in [1.165, 1.54) is 5.56 Å². The third-order valence-corrected chi connectivity index (χ3v) is 4.12. The Morgan fingerprint density at radius 3 is 2.38 bits per heavy atom. The van der Waals surface area contributed by atoms with Crippen molar-refractivity contribution in [3.05, 3.63) is 35.9 Å². The lowest BCUT2D eigenvalue weighted by Crippen LogP contribution is -2.39. The SMILES string of the molecule is CC(C)C(CCO)NC(=O)CCC(C)(C)c1ccccc1. The van der Waals surface area contributed by atoms with Crippen molar-refractivity contribution < 1.29 is 9.90 Å². The molecule has 0 bridgehead atoms. The molecule has 3 nitrogen and oxygen atoms in total. The highest BCUT2D eigenvalue weighted by Gasteiger charge is 2.22. The van der Waals surface area contributed by atoms with Gasteiger partial charge in [-0.15, -0.1) is 0 Å². The van der Waals surface area contributed by atoms with Crippen LogP contribution in [0.5, 0.6) is 0 Å². The summed E-state index contributed by atoms with van der Waals surface area (Å²) in [6.45, 7) is 8.58. The fraction of sp³-hybridized carbons (Fsp3) is 0.611. The number of hydrogen-bond donors (Lipinski definition) is 2. The van der Waals surface area contributed by atoms with E-state index in [0.29, 0.717) is 18.8 Å². The highest BCUT2D eigenvalue weighted by Crippen LogP contribution is 2.28. The van der Waals surface area contributed by atoms with Crippen LogP contribution in [0.25, 0.3) is 0 Å². The molecular weight excluding hydrogens is 262 g/mol. The van der Waals surface area contributed by atoms with Gasteiger partial charge in [0.2, 0.25) is 5.91 Å². The quantitative estimate of drug-likeness (QED) is 0.772. The lowest BCUT2D eigenvalue weighted by molar-refractivity contribution is -0.122. The molecule has 0 radical (unpaired) electrons. The van der Waals surface area contributed by atoms with E-state index >= 15 is 0 Å². The molecule has 0 aliphatic carbocycles. The molecule has 1 atom stereocenters. The molecule has 1 aromatic carbocycles. The van der Waals surface area contributed by atoms with E-state index in [1.54, 1.807) is 0 Å². The summed E-state index contributed by atoms with van der Waals surface area (Å²) in [5.74, 6) is 0.411. The molecule has 3 heteroatoms. The van der Waals surface area contributed by atoms with Crippen LogP contribution >= 0.6 is 0 Å². The Bertz CT molecular complexity index is 426. The second kappa shape index (κ2) is 8.18. The lowest BCUT2D eigenvalue weighted by atomic mass is 9.80. The van der Waals surface area contributed by atoms with Crippen molar-refractivity contribution >= 4 is 5.91 Å². The van der Waals surface area contributed by atoms with Crippen LogP contribution in [-0.2, 0) is 10.2 Å². The zero-order valence-corrected chi connectivity index (χ0v) is 13.7. The second-order valence-corrected chi connectivity index (χ2v) is 6.68. The number of aliphatic hydroxyl groups is 1. The van der Waals surface area contributed by atoms with Gasteiger partial charge in [0, 0.05) is 19.1 Å². The number of benzene rings is 1. The normalized spacial score (nSPS) is 13.2. The summed E-state index contributed by atoms with van der Waals surface area (Å²) < 4.78 is 0. The summed E-state index contributed by atoms with van der Waals surface area (Å²) >= 11 is 0. The first-order valence-corrected chi connectivity index (χ1v) is 7.82. The fourth-order valence-corrected chi connectivity index (χ4v) is 2.45. The lowest BCUT2D eigenvalue weighted by Gasteiger charge is -2.26. The highest BCUT2D eigenvalue weighted by molar-refractivity contribution is 5.76. The van der Waals surface area contributed by atoms with Crippen LogP contribution < -0.4 is 5.32 Å². The van der Waals surface area contributed by atoms with Gasteiger partial charge in [-0.1, -0.05) is 58.0 Å². The van der Waals surface area contributed by atoms with Gasteiger partial charge in [-0.05, 0) is 29.7 Å². The Hall–Kier alpha value is -1.35. The van der Waals surface area contributed by atoms with Crippen LogP contribution in [0.3, 0.4) is 0 Å². The van der Waals surface area contributed by atoms with Crippen LogP contribution in [0.1, 0.15) is 52.5 Å². The maximum Gasteiger partial charge on any atom is 0.220 e. The van der Waals surface area contributed by atoms with Crippen molar-refractivity contribution in [3.63, 3.8) is 0 Å². The zero-order valence-electron chi connectivity index (χ0n) is 13.7. The van der Waals surface area contributed by atoms with Crippen LogP contribution in [0.2, 0.25) is 0 Å². The molecule has 21 heavy (non-hydrogen) atoms. The van der Waals surface area contributed by atoms with E-state index < -0.39 is 0 Å². The summed E-state index contributed by atoms with van der Waals surface area (Å²) in [4.78, 5) is 12.1. The molecule has 0 saturated carbocycles. The summed E-state index contributed by atoms with van der Waals surface area (Å²) in [5.41, 5.74) is 1.25. The van der Waals surface area contributed by atoms with Crippen LogP contribution in [0.4, 0.5) is 0 Å². The predicted molar refractivity (Wildman–Crippen MR) is 87.2 cm³/mol. The number of hydrogen-bond acceptors (Lipinski definition) is 2. The molecule has 0 saturated heterocycles. The third-order valence-electron chi connectivity index (χ3n) is 4.12. The van der Waals surface area contributed by atoms with Crippen molar-refractivity contribution in [3.8, 4) is 0 Å². The topological polar surface area (TPSA) is 49.3 Å². The number of rotatable bonds is 8. The number of carbonyl (C=O) groups is 1. The van der Waals surface area contributed by atoms with E-state index in [0.717, 1.165) is 6.42 Å². The Labute approximate surface area is 128 Å². The van der Waals surface area contributed by atoms with Gasteiger partial charge in [-0.25, -0.2) is 0 Å². The average Bonchev–Trinajstić information content (AvgIpc) is 2.45. The smallest absolute Gasteiger partial charge is 0.220 e. The molecule has 118 valence electrons. The summed E-state index contributed by atoms with van der Waals surface area (Å²) in [6.07, 6.45) is 1.94. The largest absolute Gasteiger partial charge is 0.396 e. The summed E-state index contributed by atoms with van der Waals surface area (Å²) in [6, 6.07) is 10.4. The maximum absolute atomic E-state index is 12.1. The minimum Gasteiger partial charge on any atom is -0.396 e. The Balaban J connectivity index is 2.52. The van der Waals surface area contributed by atoms with Crippen molar-refractivity contribution in [2.45, 2.75) is 58.4 Å². The summed E-state index contributed by atoms with van der Waals surface area (Å²) in [5, 5.41) is 12.1. The Morgan fingerprint density at radius 1 is 1.24 bits per heavy atom. The first kappa shape index (κ1) is 17.7. The van der Waals surface area contributed by atoms with Crippen molar-refractivity contribution in [2.24, 2.45) is 5.92 Å². The zero-order chi connectivity index (χ0) is 15.9. The fourth-order valence-electron chi connectivity index (χ4n) is 2.45. The minimum absolute atomic E-state index is 0.0110. The molecule has 0 aliphatic heterocycles. The van der Waals surface area contributed by atoms with Crippen molar-refractivity contribution in [1.82, 2.24) is 5.32 Å². The molecular formula is C18H29NO2. The monoisotopic (exact) mass is 291 g/mol. The standard InChI is InChI=1S/C18H29NO2/c1-14(2)16(11-13-20)19-17(21)10-12-18(3,4)15-8-6-5-7-9-15/h5-9,14,16,20H,10-13H2,1-4H3,(H,19,21). The van der Waals surface area contributed by atoms with Gasteiger partial charge >= 0.3 is 0 Å². The molecule has 0 spiro atoms. The van der Waals surface area contributed by atoms with Gasteiger partial charge in [0.05, 0.1) is 0 Å². The molecule has 1 rings (SSSR count). The van der Waals surface area contributed by atoms with Gasteiger partial charge in [0.1, 0.15) is 0 Å². The third kappa shape index (κ3) is 5.88. The number of aliphatic hydroxyl groups excluding tert-OH is 1. The van der Waals surface area contributed by atoms with E-state index in [-0.39, 0.29) is 24.0 Å². The number of carbonyl (C=O) groups excluding carboxylic acids is 1. The van der Waals surface area contributed by atoms with Gasteiger partial charge < -0.3 is 10.4 Å². The first-order chi connectivity index (χ1) is 9.86. The molecule has 0 fully saturated rings. The minimum atomic E-state index is -0.0110. The Kier molecular flexibility index (Phi) is 6.90. The van der Waals surface area contributed by atoms with E-state index in [9.17, 15) is 4.79 Å². The van der Waals surface area contributed by atoms with Gasteiger partial charge in [-0.2, -0.15) is 0 Å². The molecule has 1 unspecified atom stereocenters. The van der Waals surface area contributed by atoms with Crippen molar-refractivity contribution in [1.29, 1.82) is 0 Å². The molecule has 1 aromatic rings. The molecule has 1 amide bonds. The van der Waals surface area contributed by atoms with Crippen LogP contribution in [0, 0.1) is 5.92 Å². The molecule has 0 aliphatic rings. The molecule has 2 N–H and O–H groups in total. The van der Waals surface area contributed by atoms with Crippen LogP contribution in [-0.4, -0.2) is 23.7 Å². The second-order valence-electron chi connectivity index (χ2n) is 6.68. The van der Waals surface area contributed by atoms with E-state index in [4.69, 9.17) is 5.11 Å². The van der Waals surface area contributed by atoms with Crippen LogP contribution in [0.15, 0.2) is 30.3 Å². The highest BCUT2D eigenvalue weighted by atomic mass is 16.3.